The predicted molar refractivity (Wildman–Crippen MR) is 47.8 cm³/mol. The van der Waals surface area contributed by atoms with Crippen molar-refractivity contribution in [3.05, 3.63) is 0 Å². The third kappa shape index (κ3) is 4.54. The number of hydrogen-bond acceptors (Lipinski definition) is 1. The van der Waals surface area contributed by atoms with Crippen molar-refractivity contribution in [3.8, 4) is 0 Å². The van der Waals surface area contributed by atoms with E-state index >= 15 is 0 Å². The van der Waals surface area contributed by atoms with Crippen molar-refractivity contribution >= 4 is 6.21 Å². The molecule has 0 saturated heterocycles. The van der Waals surface area contributed by atoms with Gasteiger partial charge in [0.15, 0.2) is 0 Å². The molecule has 0 heterocycles. The Labute approximate surface area is 64.6 Å². The summed E-state index contributed by atoms with van der Waals surface area (Å²) in [6.45, 7) is 6.54. The van der Waals surface area contributed by atoms with Crippen LogP contribution in [0.15, 0.2) is 4.99 Å². The second-order valence-corrected chi connectivity index (χ2v) is 2.59. The third-order valence-electron chi connectivity index (χ3n) is 1.59. The first kappa shape index (κ1) is 9.67. The summed E-state index contributed by atoms with van der Waals surface area (Å²) in [6.07, 6.45) is 6.78. The van der Waals surface area contributed by atoms with Crippen LogP contribution in [0.1, 0.15) is 46.5 Å². The van der Waals surface area contributed by atoms with Gasteiger partial charge in [0, 0.05) is 6.04 Å². The Morgan fingerprint density at radius 2 is 2.00 bits per heavy atom. The molecule has 0 aliphatic rings. The van der Waals surface area contributed by atoms with Crippen LogP contribution in [0.25, 0.3) is 0 Å². The molecule has 0 bridgehead atoms. The topological polar surface area (TPSA) is 12.4 Å². The van der Waals surface area contributed by atoms with E-state index in [2.05, 4.69) is 25.8 Å². The molecule has 10 heavy (non-hydrogen) atoms. The summed E-state index contributed by atoms with van der Waals surface area (Å²) in [5.41, 5.74) is 0. The highest BCUT2D eigenvalue weighted by Crippen LogP contribution is 2.04. The van der Waals surface area contributed by atoms with Crippen molar-refractivity contribution in [1.29, 1.82) is 0 Å². The molecule has 0 aromatic rings. The van der Waals surface area contributed by atoms with Gasteiger partial charge in [0.1, 0.15) is 0 Å². The first-order valence-electron chi connectivity index (χ1n) is 4.36. The van der Waals surface area contributed by atoms with Gasteiger partial charge in [0.25, 0.3) is 0 Å². The fourth-order valence-corrected chi connectivity index (χ4v) is 0.972. The van der Waals surface area contributed by atoms with Gasteiger partial charge >= 0.3 is 0 Å². The van der Waals surface area contributed by atoms with E-state index in [4.69, 9.17) is 0 Å². The molecule has 0 aromatic heterocycles. The molecule has 0 saturated carbocycles. The van der Waals surface area contributed by atoms with Gasteiger partial charge in [-0.3, -0.25) is 4.99 Å². The Hall–Kier alpha value is -0.330. The molecular weight excluding hydrogens is 122 g/mol. The van der Waals surface area contributed by atoms with Gasteiger partial charge in [-0.2, -0.15) is 0 Å². The zero-order valence-corrected chi connectivity index (χ0v) is 7.43. The SMILES string of the molecule is CC/C=N\C(CC)CCC. The molecule has 1 unspecified atom stereocenters. The minimum atomic E-state index is 0.588. The van der Waals surface area contributed by atoms with Crippen LogP contribution in [0.5, 0.6) is 0 Å². The Bertz CT molecular complexity index is 86.7. The number of aliphatic imine (C=N–C) groups is 1. The Morgan fingerprint density at radius 1 is 1.30 bits per heavy atom. The van der Waals surface area contributed by atoms with Crippen molar-refractivity contribution in [2.75, 3.05) is 0 Å². The van der Waals surface area contributed by atoms with E-state index in [1.54, 1.807) is 0 Å². The van der Waals surface area contributed by atoms with Gasteiger partial charge in [0.05, 0.1) is 0 Å². The van der Waals surface area contributed by atoms with E-state index in [0.29, 0.717) is 6.04 Å². The van der Waals surface area contributed by atoms with Crippen molar-refractivity contribution < 1.29 is 0 Å². The first-order valence-corrected chi connectivity index (χ1v) is 4.36. The molecule has 0 rings (SSSR count). The van der Waals surface area contributed by atoms with E-state index in [1.807, 2.05) is 6.21 Å². The molecule has 1 nitrogen and oxygen atoms in total. The second kappa shape index (κ2) is 6.79. The smallest absolute Gasteiger partial charge is 0.0493 e. The van der Waals surface area contributed by atoms with Gasteiger partial charge in [-0.25, -0.2) is 0 Å². The monoisotopic (exact) mass is 141 g/mol. The first-order chi connectivity index (χ1) is 4.85. The van der Waals surface area contributed by atoms with Crippen molar-refractivity contribution in [3.63, 3.8) is 0 Å². The zero-order valence-electron chi connectivity index (χ0n) is 7.43. The van der Waals surface area contributed by atoms with Crippen LogP contribution < -0.4 is 0 Å². The molecule has 60 valence electrons. The number of hydrogen-bond donors (Lipinski definition) is 0. The maximum absolute atomic E-state index is 4.43. The maximum atomic E-state index is 4.43. The van der Waals surface area contributed by atoms with E-state index in [9.17, 15) is 0 Å². The van der Waals surface area contributed by atoms with Gasteiger partial charge < -0.3 is 0 Å². The molecule has 1 atom stereocenters. The molecule has 0 fully saturated rings. The van der Waals surface area contributed by atoms with Crippen LogP contribution in [0.4, 0.5) is 0 Å². The zero-order chi connectivity index (χ0) is 7.82. The Morgan fingerprint density at radius 3 is 2.40 bits per heavy atom. The van der Waals surface area contributed by atoms with Crippen LogP contribution in [0, 0.1) is 0 Å². The number of rotatable bonds is 5. The largest absolute Gasteiger partial charge is 0.294 e. The third-order valence-corrected chi connectivity index (χ3v) is 1.59. The molecular formula is C9H19N. The van der Waals surface area contributed by atoms with Gasteiger partial charge in [-0.05, 0) is 25.5 Å². The van der Waals surface area contributed by atoms with E-state index < -0.39 is 0 Å². The molecule has 0 aliphatic heterocycles. The van der Waals surface area contributed by atoms with Gasteiger partial charge in [-0.15, -0.1) is 0 Å². The number of nitrogens with zero attached hydrogens (tertiary/aromatic N) is 1. The van der Waals surface area contributed by atoms with Gasteiger partial charge in [-0.1, -0.05) is 27.2 Å². The highest BCUT2D eigenvalue weighted by Gasteiger charge is 1.98. The van der Waals surface area contributed by atoms with Crippen molar-refractivity contribution in [2.45, 2.75) is 52.5 Å². The highest BCUT2D eigenvalue weighted by atomic mass is 14.8. The summed E-state index contributed by atoms with van der Waals surface area (Å²) in [7, 11) is 0. The molecule has 0 aromatic carbocycles. The van der Waals surface area contributed by atoms with Crippen LogP contribution in [-0.4, -0.2) is 12.3 Å². The maximum Gasteiger partial charge on any atom is 0.0493 e. The fourth-order valence-electron chi connectivity index (χ4n) is 0.972. The summed E-state index contributed by atoms with van der Waals surface area (Å²) in [5, 5.41) is 0. The minimum Gasteiger partial charge on any atom is -0.294 e. The molecule has 0 N–H and O–H groups in total. The summed E-state index contributed by atoms with van der Waals surface area (Å²) >= 11 is 0. The highest BCUT2D eigenvalue weighted by molar-refractivity contribution is 5.56. The quantitative estimate of drug-likeness (QED) is 0.522. The van der Waals surface area contributed by atoms with E-state index in [0.717, 1.165) is 6.42 Å². The van der Waals surface area contributed by atoms with Crippen LogP contribution in [0.3, 0.4) is 0 Å². The second-order valence-electron chi connectivity index (χ2n) is 2.59. The fraction of sp³-hybridized carbons (Fsp3) is 0.889. The Balaban J connectivity index is 3.48. The lowest BCUT2D eigenvalue weighted by molar-refractivity contribution is 0.590. The average molecular weight is 141 g/mol. The average Bonchev–Trinajstić information content (AvgIpc) is 1.98. The summed E-state index contributed by atoms with van der Waals surface area (Å²) in [5.74, 6) is 0. The summed E-state index contributed by atoms with van der Waals surface area (Å²) < 4.78 is 0. The molecule has 0 aliphatic carbocycles. The lowest BCUT2D eigenvalue weighted by atomic mass is 10.1. The van der Waals surface area contributed by atoms with Gasteiger partial charge in [0.2, 0.25) is 0 Å². The van der Waals surface area contributed by atoms with Crippen LogP contribution in [0.2, 0.25) is 0 Å². The molecule has 0 radical (unpaired) electrons. The Kier molecular flexibility index (Phi) is 6.56. The predicted octanol–water partition coefficient (Wildman–Crippen LogP) is 3.05. The van der Waals surface area contributed by atoms with Crippen molar-refractivity contribution in [1.82, 2.24) is 0 Å². The van der Waals surface area contributed by atoms with Crippen LogP contribution in [-0.2, 0) is 0 Å². The molecule has 1 heteroatoms. The lowest BCUT2D eigenvalue weighted by Crippen LogP contribution is -2.01. The minimum absolute atomic E-state index is 0.588. The normalized spacial score (nSPS) is 14.3. The van der Waals surface area contributed by atoms with Crippen molar-refractivity contribution in [2.24, 2.45) is 4.99 Å². The summed E-state index contributed by atoms with van der Waals surface area (Å²) in [6, 6.07) is 0.588. The van der Waals surface area contributed by atoms with E-state index in [1.165, 1.54) is 19.3 Å². The lowest BCUT2D eigenvalue weighted by Gasteiger charge is -2.05. The van der Waals surface area contributed by atoms with E-state index in [-0.39, 0.29) is 0 Å². The molecule has 0 amide bonds. The summed E-state index contributed by atoms with van der Waals surface area (Å²) in [4.78, 5) is 4.43. The molecule has 0 spiro atoms. The standard InChI is InChI=1S/C9H19N/c1-4-7-9(6-3)10-8-5-2/h8-9H,4-7H2,1-3H3/b10-8-. The van der Waals surface area contributed by atoms with Crippen LogP contribution >= 0.6 is 0 Å².